The average molecular weight is 392 g/mol. The van der Waals surface area contributed by atoms with Crippen LogP contribution >= 0.6 is 15.9 Å². The third-order valence-corrected chi connectivity index (χ3v) is 4.00. The Morgan fingerprint density at radius 3 is 2.71 bits per heavy atom. The normalized spacial score (nSPS) is 16.5. The van der Waals surface area contributed by atoms with Crippen molar-refractivity contribution in [3.8, 4) is 17.1 Å². The Hall–Kier alpha value is -2.61. The first kappa shape index (κ1) is 16.3. The number of nitrogens with zero attached hydrogens (tertiary/aromatic N) is 2. The zero-order valence-corrected chi connectivity index (χ0v) is 14.3. The molecule has 1 atom stereocenters. The first-order chi connectivity index (χ1) is 11.6. The van der Waals surface area contributed by atoms with Crippen molar-refractivity contribution in [3.05, 3.63) is 46.3 Å². The third-order valence-electron chi connectivity index (χ3n) is 3.28. The number of carbonyl (C=O) groups excluding carboxylic acids is 1. The van der Waals surface area contributed by atoms with Gasteiger partial charge >= 0.3 is 0 Å². The van der Waals surface area contributed by atoms with Crippen molar-refractivity contribution >= 4 is 28.2 Å². The van der Waals surface area contributed by atoms with Crippen molar-refractivity contribution in [2.45, 2.75) is 13.2 Å². The zero-order valence-electron chi connectivity index (χ0n) is 12.7. The number of hydrogen-bond acceptors (Lipinski definition) is 7. The summed E-state index contributed by atoms with van der Waals surface area (Å²) >= 11 is 3.45. The number of nitrogens with two attached hydrogens (primary N) is 1. The number of nitrogen functional groups attached to an aromatic ring is 1. The van der Waals surface area contributed by atoms with E-state index >= 15 is 0 Å². The average Bonchev–Trinajstić information content (AvgIpc) is 2.96. The van der Waals surface area contributed by atoms with E-state index in [0.29, 0.717) is 28.0 Å². The molecule has 0 saturated heterocycles. The Morgan fingerprint density at radius 2 is 2.04 bits per heavy atom. The number of anilines is 1. The molecule has 124 valence electrons. The van der Waals surface area contributed by atoms with Crippen LogP contribution in [-0.2, 0) is 14.3 Å². The van der Waals surface area contributed by atoms with Crippen LogP contribution in [0.4, 0.5) is 5.95 Å². The smallest absolute Gasteiger partial charge is 0.297 e. The molecule has 0 spiro atoms. The summed E-state index contributed by atoms with van der Waals surface area (Å²) in [7, 11) is 0. The summed E-state index contributed by atoms with van der Waals surface area (Å²) in [5, 5.41) is 0. The van der Waals surface area contributed by atoms with Gasteiger partial charge in [-0.15, -0.1) is 0 Å². The van der Waals surface area contributed by atoms with Gasteiger partial charge in [0, 0.05) is 5.56 Å². The van der Waals surface area contributed by atoms with Crippen molar-refractivity contribution < 1.29 is 19.0 Å². The maximum atomic E-state index is 10.7. The fraction of sp³-hybridized carbons (Fsp3) is 0.188. The van der Waals surface area contributed by atoms with Gasteiger partial charge in [-0.05, 0) is 22.9 Å². The van der Waals surface area contributed by atoms with Gasteiger partial charge in [-0.25, -0.2) is 4.98 Å². The second-order valence-electron chi connectivity index (χ2n) is 4.92. The van der Waals surface area contributed by atoms with Gasteiger partial charge in [0.1, 0.15) is 10.2 Å². The molecule has 1 aromatic heterocycles. The summed E-state index contributed by atoms with van der Waals surface area (Å²) in [6.45, 7) is 1.75. The lowest BCUT2D eigenvalue weighted by Gasteiger charge is -2.11. The number of ether oxygens (including phenoxy) is 3. The van der Waals surface area contributed by atoms with Crippen molar-refractivity contribution in [1.29, 1.82) is 0 Å². The molecule has 1 aliphatic rings. The van der Waals surface area contributed by atoms with Gasteiger partial charge in [-0.1, -0.05) is 30.3 Å². The highest BCUT2D eigenvalue weighted by Crippen LogP contribution is 2.34. The molecule has 8 heteroatoms. The van der Waals surface area contributed by atoms with Crippen LogP contribution in [0.5, 0.6) is 5.88 Å². The van der Waals surface area contributed by atoms with Gasteiger partial charge in [0.2, 0.25) is 18.1 Å². The Bertz CT molecular complexity index is 795. The third kappa shape index (κ3) is 3.33. The van der Waals surface area contributed by atoms with Crippen molar-refractivity contribution in [1.82, 2.24) is 9.97 Å². The van der Waals surface area contributed by atoms with Crippen LogP contribution < -0.4 is 10.5 Å². The van der Waals surface area contributed by atoms with Crippen LogP contribution in [0.3, 0.4) is 0 Å². The molecule has 3 rings (SSSR count). The summed E-state index contributed by atoms with van der Waals surface area (Å²) in [6, 6.07) is 9.53. The molecular formula is C16H14BrN3O4. The highest BCUT2D eigenvalue weighted by molar-refractivity contribution is 9.10. The molecule has 0 saturated carbocycles. The minimum absolute atomic E-state index is 0.0550. The van der Waals surface area contributed by atoms with Crippen LogP contribution in [0.25, 0.3) is 11.3 Å². The molecule has 1 aliphatic heterocycles. The van der Waals surface area contributed by atoms with Gasteiger partial charge in [-0.3, -0.25) is 4.79 Å². The van der Waals surface area contributed by atoms with E-state index in [9.17, 15) is 4.79 Å². The van der Waals surface area contributed by atoms with Crippen molar-refractivity contribution in [2.75, 3.05) is 12.3 Å². The molecule has 0 aliphatic carbocycles. The Kier molecular flexibility index (Phi) is 4.66. The topological polar surface area (TPSA) is 96.6 Å². The number of halogens is 1. The maximum absolute atomic E-state index is 10.7. The van der Waals surface area contributed by atoms with E-state index in [0.717, 1.165) is 5.56 Å². The van der Waals surface area contributed by atoms with Gasteiger partial charge in [-0.2, -0.15) is 4.98 Å². The largest absolute Gasteiger partial charge is 0.468 e. The van der Waals surface area contributed by atoms with E-state index in [1.807, 2.05) is 30.3 Å². The molecule has 1 aromatic carbocycles. The molecule has 0 radical (unpaired) electrons. The molecule has 24 heavy (non-hydrogen) atoms. The highest BCUT2D eigenvalue weighted by Gasteiger charge is 2.25. The lowest BCUT2D eigenvalue weighted by Crippen LogP contribution is -2.12. The summed E-state index contributed by atoms with van der Waals surface area (Å²) in [6.07, 6.45) is -0.356. The molecule has 7 nitrogen and oxygen atoms in total. The van der Waals surface area contributed by atoms with Gasteiger partial charge in [0.05, 0.1) is 5.69 Å². The highest BCUT2D eigenvalue weighted by atomic mass is 79.9. The lowest BCUT2D eigenvalue weighted by molar-refractivity contribution is -0.130. The quantitative estimate of drug-likeness (QED) is 0.782. The van der Waals surface area contributed by atoms with Gasteiger partial charge < -0.3 is 19.9 Å². The standard InChI is InChI=1S/C16H14BrN3O4/c1-9-11(24-12(7-21)23-9)8-22-15-13(17)14(19-16(18)20-15)10-5-3-2-4-6-10/h2-7,12H,8H2,1H3,(H2,18,19,20). The molecule has 2 heterocycles. The van der Waals surface area contributed by atoms with Crippen molar-refractivity contribution in [3.63, 3.8) is 0 Å². The zero-order chi connectivity index (χ0) is 17.1. The first-order valence-electron chi connectivity index (χ1n) is 7.08. The van der Waals surface area contributed by atoms with Crippen molar-refractivity contribution in [2.24, 2.45) is 0 Å². The Balaban J connectivity index is 1.83. The molecule has 2 aromatic rings. The minimum Gasteiger partial charge on any atom is -0.468 e. The SMILES string of the molecule is CC1=C(COc2nc(N)nc(-c3ccccc3)c2Br)OC(C=O)O1. The van der Waals surface area contributed by atoms with Gasteiger partial charge in [0.15, 0.2) is 12.4 Å². The van der Waals surface area contributed by atoms with E-state index in [-0.39, 0.29) is 18.4 Å². The van der Waals surface area contributed by atoms with Crippen LogP contribution in [0.15, 0.2) is 46.3 Å². The number of carbonyl (C=O) groups is 1. The van der Waals surface area contributed by atoms with Crippen LogP contribution in [0.1, 0.15) is 6.92 Å². The first-order valence-corrected chi connectivity index (χ1v) is 7.87. The predicted molar refractivity (Wildman–Crippen MR) is 89.8 cm³/mol. The number of hydrogen-bond donors (Lipinski definition) is 1. The number of allylic oxidation sites excluding steroid dienone is 1. The summed E-state index contributed by atoms with van der Waals surface area (Å²) in [5.74, 6) is 1.29. The molecule has 0 fully saturated rings. The van der Waals surface area contributed by atoms with E-state index in [1.54, 1.807) is 6.92 Å². The van der Waals surface area contributed by atoms with Crippen LogP contribution in [0.2, 0.25) is 0 Å². The Labute approximate surface area is 146 Å². The molecule has 0 bridgehead atoms. The predicted octanol–water partition coefficient (Wildman–Crippen LogP) is 2.67. The summed E-state index contributed by atoms with van der Waals surface area (Å²) < 4.78 is 16.7. The van der Waals surface area contributed by atoms with E-state index in [2.05, 4.69) is 25.9 Å². The van der Waals surface area contributed by atoms with Crippen LogP contribution in [0, 0.1) is 0 Å². The molecule has 1 unspecified atom stereocenters. The molecule has 2 N–H and O–H groups in total. The molecular weight excluding hydrogens is 378 g/mol. The van der Waals surface area contributed by atoms with E-state index in [4.69, 9.17) is 19.9 Å². The number of aldehydes is 1. The Morgan fingerprint density at radius 1 is 1.29 bits per heavy atom. The lowest BCUT2D eigenvalue weighted by atomic mass is 10.1. The second-order valence-corrected chi connectivity index (χ2v) is 5.72. The number of benzene rings is 1. The fourth-order valence-corrected chi connectivity index (χ4v) is 2.66. The number of rotatable bonds is 5. The monoisotopic (exact) mass is 391 g/mol. The minimum atomic E-state index is -0.928. The number of aromatic nitrogens is 2. The van der Waals surface area contributed by atoms with E-state index < -0.39 is 6.29 Å². The fourth-order valence-electron chi connectivity index (χ4n) is 2.14. The summed E-state index contributed by atoms with van der Waals surface area (Å²) in [4.78, 5) is 19.1. The van der Waals surface area contributed by atoms with Gasteiger partial charge in [0.25, 0.3) is 6.29 Å². The maximum Gasteiger partial charge on any atom is 0.297 e. The second kappa shape index (κ2) is 6.88. The summed E-state index contributed by atoms with van der Waals surface area (Å²) in [5.41, 5.74) is 7.28. The molecule has 0 amide bonds. The van der Waals surface area contributed by atoms with E-state index in [1.165, 1.54) is 0 Å². The van der Waals surface area contributed by atoms with Crippen LogP contribution in [-0.4, -0.2) is 29.2 Å².